The van der Waals surface area contributed by atoms with Gasteiger partial charge in [-0.2, -0.15) is 0 Å². The molecule has 0 aliphatic carbocycles. The Kier molecular flexibility index (Phi) is 7.16. The lowest BCUT2D eigenvalue weighted by molar-refractivity contribution is -0.120. The van der Waals surface area contributed by atoms with Gasteiger partial charge in [0.15, 0.2) is 0 Å². The normalized spacial score (nSPS) is 12.2. The molecule has 0 aliphatic rings. The average molecular weight is 305 g/mol. The van der Waals surface area contributed by atoms with Crippen LogP contribution in [0.25, 0.3) is 0 Å². The third-order valence-electron chi connectivity index (χ3n) is 2.59. The summed E-state index contributed by atoms with van der Waals surface area (Å²) in [5.41, 5.74) is 0.916. The van der Waals surface area contributed by atoms with Crippen molar-refractivity contribution >= 4 is 29.1 Å². The Hall–Kier alpha value is -0.810. The highest BCUT2D eigenvalue weighted by atomic mass is 35.5. The van der Waals surface area contributed by atoms with Gasteiger partial charge in [0.25, 0.3) is 0 Å². The highest BCUT2D eigenvalue weighted by molar-refractivity contribution is 6.42. The minimum atomic E-state index is -0.119. The van der Waals surface area contributed by atoms with Crippen LogP contribution in [0.1, 0.15) is 18.5 Å². The molecule has 0 spiro atoms. The molecule has 0 saturated carbocycles. The first-order valence-corrected chi connectivity index (χ1v) is 6.74. The maximum Gasteiger partial charge on any atom is 0.234 e. The standard InChI is InChI=1S/C13H18Cl2N2O2/c1-9(10-3-4-11(14)12(15)7-10)17-13(18)8-16-5-6-19-2/h3-4,7,9,16H,5-6,8H2,1-2H3,(H,17,18). The molecule has 0 saturated heterocycles. The number of nitrogens with one attached hydrogen (secondary N) is 2. The maximum atomic E-state index is 11.7. The summed E-state index contributed by atoms with van der Waals surface area (Å²) in [6.45, 7) is 3.38. The summed E-state index contributed by atoms with van der Waals surface area (Å²) in [6, 6.07) is 5.20. The van der Waals surface area contributed by atoms with Crippen molar-refractivity contribution in [3.8, 4) is 0 Å². The van der Waals surface area contributed by atoms with Crippen molar-refractivity contribution in [3.05, 3.63) is 33.8 Å². The molecule has 19 heavy (non-hydrogen) atoms. The van der Waals surface area contributed by atoms with Gasteiger partial charge >= 0.3 is 0 Å². The summed E-state index contributed by atoms with van der Waals surface area (Å²) in [6.07, 6.45) is 0. The van der Waals surface area contributed by atoms with E-state index in [1.807, 2.05) is 13.0 Å². The number of benzene rings is 1. The molecule has 1 rings (SSSR count). The Labute approximate surface area is 123 Å². The molecule has 0 bridgehead atoms. The fraction of sp³-hybridized carbons (Fsp3) is 0.462. The average Bonchev–Trinajstić information content (AvgIpc) is 2.38. The van der Waals surface area contributed by atoms with Gasteiger partial charge in [-0.15, -0.1) is 0 Å². The van der Waals surface area contributed by atoms with Crippen molar-refractivity contribution in [3.63, 3.8) is 0 Å². The molecule has 0 fully saturated rings. The molecule has 106 valence electrons. The zero-order chi connectivity index (χ0) is 14.3. The Balaban J connectivity index is 2.43. The van der Waals surface area contributed by atoms with Gasteiger partial charge in [0.1, 0.15) is 0 Å². The summed E-state index contributed by atoms with van der Waals surface area (Å²) < 4.78 is 4.88. The van der Waals surface area contributed by atoms with E-state index in [2.05, 4.69) is 10.6 Å². The van der Waals surface area contributed by atoms with Gasteiger partial charge in [-0.3, -0.25) is 4.79 Å². The van der Waals surface area contributed by atoms with E-state index in [-0.39, 0.29) is 18.5 Å². The highest BCUT2D eigenvalue weighted by Crippen LogP contribution is 2.25. The van der Waals surface area contributed by atoms with E-state index in [0.29, 0.717) is 23.2 Å². The van der Waals surface area contributed by atoms with Crippen molar-refractivity contribution in [2.45, 2.75) is 13.0 Å². The molecular formula is C13H18Cl2N2O2. The Morgan fingerprint density at radius 1 is 1.37 bits per heavy atom. The van der Waals surface area contributed by atoms with Crippen LogP contribution in [-0.4, -0.2) is 32.7 Å². The second kappa shape index (κ2) is 8.38. The number of hydrogen-bond donors (Lipinski definition) is 2. The van der Waals surface area contributed by atoms with Crippen LogP contribution in [0.3, 0.4) is 0 Å². The number of methoxy groups -OCH3 is 1. The van der Waals surface area contributed by atoms with Crippen LogP contribution in [-0.2, 0) is 9.53 Å². The van der Waals surface area contributed by atoms with E-state index in [9.17, 15) is 4.79 Å². The van der Waals surface area contributed by atoms with Gasteiger partial charge in [-0.25, -0.2) is 0 Å². The number of rotatable bonds is 7. The van der Waals surface area contributed by atoms with Gasteiger partial charge in [0.2, 0.25) is 5.91 Å². The summed E-state index contributed by atoms with van der Waals surface area (Å²) in [4.78, 5) is 11.7. The van der Waals surface area contributed by atoms with Gasteiger partial charge in [0, 0.05) is 13.7 Å². The summed E-state index contributed by atoms with van der Waals surface area (Å²) in [7, 11) is 1.62. The molecule has 0 aliphatic heterocycles. The molecule has 2 N–H and O–H groups in total. The molecule has 6 heteroatoms. The van der Waals surface area contributed by atoms with Crippen LogP contribution < -0.4 is 10.6 Å². The lowest BCUT2D eigenvalue weighted by atomic mass is 10.1. The summed E-state index contributed by atoms with van der Waals surface area (Å²) in [5, 5.41) is 6.84. The van der Waals surface area contributed by atoms with E-state index < -0.39 is 0 Å². The molecular weight excluding hydrogens is 287 g/mol. The van der Waals surface area contributed by atoms with Crippen LogP contribution in [0, 0.1) is 0 Å². The van der Waals surface area contributed by atoms with Crippen LogP contribution in [0.4, 0.5) is 0 Å². The maximum absolute atomic E-state index is 11.7. The molecule has 1 aromatic rings. The number of hydrogen-bond acceptors (Lipinski definition) is 3. The van der Waals surface area contributed by atoms with Crippen LogP contribution in [0.15, 0.2) is 18.2 Å². The first kappa shape index (κ1) is 16.2. The lowest BCUT2D eigenvalue weighted by Crippen LogP contribution is -2.36. The van der Waals surface area contributed by atoms with E-state index in [0.717, 1.165) is 5.56 Å². The van der Waals surface area contributed by atoms with Crippen molar-refractivity contribution in [2.75, 3.05) is 26.8 Å². The fourth-order valence-corrected chi connectivity index (χ4v) is 1.84. The third kappa shape index (κ3) is 5.78. The number of ether oxygens (including phenoxy) is 1. The van der Waals surface area contributed by atoms with E-state index in [4.69, 9.17) is 27.9 Å². The summed E-state index contributed by atoms with van der Waals surface area (Å²) >= 11 is 11.8. The molecule has 1 aromatic carbocycles. The monoisotopic (exact) mass is 304 g/mol. The molecule has 0 radical (unpaired) electrons. The smallest absolute Gasteiger partial charge is 0.234 e. The van der Waals surface area contributed by atoms with Crippen molar-refractivity contribution in [1.82, 2.24) is 10.6 Å². The first-order valence-electron chi connectivity index (χ1n) is 5.98. The Morgan fingerprint density at radius 2 is 2.11 bits per heavy atom. The van der Waals surface area contributed by atoms with Gasteiger partial charge in [-0.1, -0.05) is 29.3 Å². The largest absolute Gasteiger partial charge is 0.383 e. The Bertz CT molecular complexity index is 427. The molecule has 1 amide bonds. The second-order valence-electron chi connectivity index (χ2n) is 4.13. The van der Waals surface area contributed by atoms with Crippen LogP contribution in [0.5, 0.6) is 0 Å². The van der Waals surface area contributed by atoms with E-state index in [1.165, 1.54) is 0 Å². The van der Waals surface area contributed by atoms with Crippen molar-refractivity contribution < 1.29 is 9.53 Å². The number of carbonyl (C=O) groups is 1. The second-order valence-corrected chi connectivity index (χ2v) is 4.95. The predicted octanol–water partition coefficient (Wildman–Crippen LogP) is 2.41. The van der Waals surface area contributed by atoms with Crippen LogP contribution in [0.2, 0.25) is 10.0 Å². The summed E-state index contributed by atoms with van der Waals surface area (Å²) in [5.74, 6) is -0.0744. The number of halogens is 2. The fourth-order valence-electron chi connectivity index (χ4n) is 1.53. The number of amides is 1. The Morgan fingerprint density at radius 3 is 2.74 bits per heavy atom. The topological polar surface area (TPSA) is 50.4 Å². The minimum absolute atomic E-state index is 0.0744. The lowest BCUT2D eigenvalue weighted by Gasteiger charge is -2.15. The molecule has 0 aromatic heterocycles. The molecule has 1 unspecified atom stereocenters. The molecule has 0 heterocycles. The SMILES string of the molecule is COCCNCC(=O)NC(C)c1ccc(Cl)c(Cl)c1. The predicted molar refractivity (Wildman–Crippen MR) is 77.8 cm³/mol. The minimum Gasteiger partial charge on any atom is -0.383 e. The van der Waals surface area contributed by atoms with E-state index >= 15 is 0 Å². The van der Waals surface area contributed by atoms with Crippen molar-refractivity contribution in [2.24, 2.45) is 0 Å². The van der Waals surface area contributed by atoms with Gasteiger partial charge in [0.05, 0.1) is 29.2 Å². The van der Waals surface area contributed by atoms with Crippen LogP contribution >= 0.6 is 23.2 Å². The highest BCUT2D eigenvalue weighted by Gasteiger charge is 2.10. The van der Waals surface area contributed by atoms with E-state index in [1.54, 1.807) is 19.2 Å². The van der Waals surface area contributed by atoms with Crippen molar-refractivity contribution in [1.29, 1.82) is 0 Å². The zero-order valence-electron chi connectivity index (χ0n) is 11.0. The zero-order valence-corrected chi connectivity index (χ0v) is 12.5. The first-order chi connectivity index (χ1) is 9.04. The molecule has 1 atom stereocenters. The third-order valence-corrected chi connectivity index (χ3v) is 3.33. The molecule has 4 nitrogen and oxygen atoms in total. The van der Waals surface area contributed by atoms with Gasteiger partial charge in [-0.05, 0) is 24.6 Å². The van der Waals surface area contributed by atoms with Gasteiger partial charge < -0.3 is 15.4 Å². The number of carbonyl (C=O) groups excluding carboxylic acids is 1. The quantitative estimate of drug-likeness (QED) is 0.761.